The largest absolute Gasteiger partial charge is 0.494 e. The maximum absolute atomic E-state index is 14.6. The molecule has 0 bridgehead atoms. The Kier molecular flexibility index (Phi) is 31.0. The van der Waals surface area contributed by atoms with Gasteiger partial charge in [0.1, 0.15) is 59.6 Å². The highest BCUT2D eigenvalue weighted by Crippen LogP contribution is 2.44. The molecule has 0 radical (unpaired) electrons. The predicted molar refractivity (Wildman–Crippen MR) is 504 cm³/mol. The second-order valence-corrected chi connectivity index (χ2v) is 44.1. The first-order chi connectivity index (χ1) is 58.5. The first kappa shape index (κ1) is 91.1. The number of para-hydroxylation sites is 2. The maximum Gasteiger partial charge on any atom is 0.229 e. The van der Waals surface area contributed by atoms with Crippen LogP contribution in [0.4, 0.5) is 90.9 Å². The first-order valence-corrected chi connectivity index (χ1v) is 50.9. The van der Waals surface area contributed by atoms with Gasteiger partial charge in [0, 0.05) is 169 Å². The molecule has 6 saturated heterocycles. The number of aromatic nitrogens is 6. The van der Waals surface area contributed by atoms with Gasteiger partial charge in [0.2, 0.25) is 17.8 Å². The van der Waals surface area contributed by atoms with Gasteiger partial charge in [-0.25, -0.2) is 19.3 Å². The number of piperazine rings is 2. The molecule has 0 aliphatic carbocycles. The average Bonchev–Trinajstić information content (AvgIpc) is 0.809. The Morgan fingerprint density at radius 3 is 1.00 bits per heavy atom. The number of hydrogen-bond acceptors (Lipinski definition) is 27. The standard InChI is InChI=1S/C30H41ClN7O2P.C29H38ClFN7O2P.C29H39ClN7O2P/c1-36-14-7-15-37(19-18-36)22-12-16-38(17-13-22)23-10-11-25(27(20-23)40-2)34-30-32-21-24(31)29(35-30)33-26-8-5-6-9-28(26)41(3,4)39;1-36-14-16-38(17-15-36)20-10-12-37(13-11-20)21-8-9-24(26(18-21)40-2)34-29-32-19-22(30)28(35-29)33-25-7-5-6-23(31)27(25)41(3,4)39;1-35-15-17-37(18-16-35)21-11-13-36(14-12-21)22-9-10-24(26(19-22)39-2)33-29-31-20-23(30)28(34-29)32-25-7-5-6-8-27(25)40(3,4)38/h5-6,8-11,20-22H,7,12-19H2,1-4H3,(H2,32,33,34,35);5-9,18-20H,10-17H2,1-4H3,(H2,32,33,34,35);5-10,19-21H,11-18H2,1-4H3,(H2,31,32,33,34). The molecule has 6 aromatic carbocycles. The number of methoxy groups -OCH3 is 3. The van der Waals surface area contributed by atoms with Crippen LogP contribution in [0.15, 0.2) is 140 Å². The van der Waals surface area contributed by atoms with Crippen LogP contribution >= 0.6 is 56.2 Å². The first-order valence-electron chi connectivity index (χ1n) is 41.9. The fourth-order valence-electron chi connectivity index (χ4n) is 16.8. The Balaban J connectivity index is 0.000000158. The third-order valence-electron chi connectivity index (χ3n) is 23.6. The highest BCUT2D eigenvalue weighted by atomic mass is 35.5. The Bertz CT molecular complexity index is 5190. The van der Waals surface area contributed by atoms with Crippen molar-refractivity contribution in [2.75, 3.05) is 247 Å². The molecular formula is C88H118Cl3FN21O6P3. The van der Waals surface area contributed by atoms with Crippen molar-refractivity contribution < 1.29 is 32.3 Å². The molecule has 34 heteroatoms. The van der Waals surface area contributed by atoms with Crippen molar-refractivity contribution in [3.63, 3.8) is 0 Å². The van der Waals surface area contributed by atoms with E-state index in [1.807, 2.05) is 72.8 Å². The molecule has 0 saturated carbocycles. The highest BCUT2D eigenvalue weighted by molar-refractivity contribution is 7.71. The highest BCUT2D eigenvalue weighted by Gasteiger charge is 2.32. The summed E-state index contributed by atoms with van der Waals surface area (Å²) in [4.78, 5) is 49.4. The SMILES string of the molecule is COc1cc(N2CCC(N3CCCN(C)CC3)CC2)ccc1Nc1ncc(Cl)c(Nc2ccccc2P(C)(C)=O)n1.COc1cc(N2CCC(N3CCN(C)CC3)CC2)ccc1Nc1ncc(Cl)c(Nc2cccc(F)c2P(C)(C)=O)n1.COc1cc(N2CCC(N3CCN(C)CC3)CC2)ccc1Nc1ncc(Cl)c(Nc2ccccc2P(C)(C)=O)n1. The lowest BCUT2D eigenvalue weighted by molar-refractivity contribution is 0.0982. The van der Waals surface area contributed by atoms with E-state index in [0.29, 0.717) is 80.2 Å². The molecule has 0 amide bonds. The van der Waals surface area contributed by atoms with E-state index in [2.05, 4.69) is 157 Å². The number of likely N-dealkylation sites (N-methyl/N-ethyl adjacent to an activating group) is 3. The van der Waals surface area contributed by atoms with Crippen molar-refractivity contribution in [1.29, 1.82) is 0 Å². The summed E-state index contributed by atoms with van der Waals surface area (Å²) < 4.78 is 70.2. The van der Waals surface area contributed by atoms with Gasteiger partial charge < -0.3 is 89.2 Å². The number of nitrogens with zero attached hydrogens (tertiary/aromatic N) is 15. The summed E-state index contributed by atoms with van der Waals surface area (Å²) in [7, 11) is 3.68. The maximum atomic E-state index is 14.6. The number of ether oxygens (including phenoxy) is 3. The third-order valence-corrected chi connectivity index (χ3v) is 29.1. The van der Waals surface area contributed by atoms with Crippen molar-refractivity contribution >= 4 is 159 Å². The average molecular weight is 1780 g/mol. The van der Waals surface area contributed by atoms with Crippen molar-refractivity contribution in [2.45, 2.75) is 63.1 Å². The molecule has 6 fully saturated rings. The molecule has 654 valence electrons. The predicted octanol–water partition coefficient (Wildman–Crippen LogP) is 15.8. The van der Waals surface area contributed by atoms with Crippen molar-refractivity contribution in [2.24, 2.45) is 0 Å². The number of benzene rings is 6. The summed E-state index contributed by atoms with van der Waals surface area (Å²) in [6, 6.07) is 39.9. The Morgan fingerprint density at radius 1 is 0.361 bits per heavy atom. The van der Waals surface area contributed by atoms with Crippen molar-refractivity contribution in [3.05, 3.63) is 161 Å². The van der Waals surface area contributed by atoms with E-state index >= 15 is 0 Å². The van der Waals surface area contributed by atoms with Gasteiger partial charge in [-0.2, -0.15) is 15.0 Å². The molecule has 6 aliphatic rings. The molecule has 0 atom stereocenters. The van der Waals surface area contributed by atoms with Gasteiger partial charge in [0.05, 0.1) is 79.3 Å². The number of rotatable bonds is 24. The van der Waals surface area contributed by atoms with E-state index in [1.165, 1.54) is 90.4 Å². The van der Waals surface area contributed by atoms with Crippen molar-refractivity contribution in [3.8, 4) is 17.2 Å². The lowest BCUT2D eigenvalue weighted by Gasteiger charge is -2.42. The van der Waals surface area contributed by atoms with Gasteiger partial charge in [-0.05, 0) is 192 Å². The molecule has 9 aromatic rings. The smallest absolute Gasteiger partial charge is 0.229 e. The molecule has 27 nitrogen and oxygen atoms in total. The molecule has 6 aliphatic heterocycles. The Labute approximate surface area is 733 Å². The number of anilines is 15. The minimum Gasteiger partial charge on any atom is -0.494 e. The Hall–Kier alpha value is -8.59. The zero-order chi connectivity index (χ0) is 86.4. The fraction of sp³-hybridized carbons (Fsp3) is 0.455. The van der Waals surface area contributed by atoms with Crippen LogP contribution in [-0.4, -0.2) is 278 Å². The lowest BCUT2D eigenvalue weighted by Crippen LogP contribution is -2.52. The summed E-state index contributed by atoms with van der Waals surface area (Å²) in [5.41, 5.74) is 7.42. The van der Waals surface area contributed by atoms with Gasteiger partial charge in [0.25, 0.3) is 0 Å². The van der Waals surface area contributed by atoms with Crippen LogP contribution in [0.1, 0.15) is 44.9 Å². The van der Waals surface area contributed by atoms with Gasteiger partial charge in [-0.3, -0.25) is 14.7 Å². The molecule has 15 rings (SSSR count). The quantitative estimate of drug-likeness (QED) is 0.0307. The zero-order valence-corrected chi connectivity index (χ0v) is 77.2. The van der Waals surface area contributed by atoms with Gasteiger partial charge >= 0.3 is 0 Å². The fourth-order valence-corrected chi connectivity index (χ4v) is 20.8. The van der Waals surface area contributed by atoms with Crippen LogP contribution in [-0.2, 0) is 13.7 Å². The second-order valence-electron chi connectivity index (χ2n) is 33.3. The molecule has 9 heterocycles. The summed E-state index contributed by atoms with van der Waals surface area (Å²) in [5, 5.41) is 21.9. The van der Waals surface area contributed by atoms with Gasteiger partial charge in [-0.1, -0.05) is 65.1 Å². The van der Waals surface area contributed by atoms with Crippen LogP contribution in [0.2, 0.25) is 15.1 Å². The molecular weight excluding hydrogens is 1670 g/mol. The van der Waals surface area contributed by atoms with Crippen LogP contribution in [0.3, 0.4) is 0 Å². The molecule has 3 aromatic heterocycles. The van der Waals surface area contributed by atoms with Crippen LogP contribution in [0, 0.1) is 5.82 Å². The summed E-state index contributed by atoms with van der Waals surface area (Å²) in [5.74, 6) is 3.72. The summed E-state index contributed by atoms with van der Waals surface area (Å²) in [6.45, 7) is 30.2. The minimum absolute atomic E-state index is 0.119. The molecule has 0 unspecified atom stereocenters. The van der Waals surface area contributed by atoms with E-state index < -0.39 is 27.2 Å². The minimum atomic E-state index is -2.92. The van der Waals surface area contributed by atoms with Crippen LogP contribution < -0.4 is 76.7 Å². The van der Waals surface area contributed by atoms with E-state index in [9.17, 15) is 18.1 Å². The van der Waals surface area contributed by atoms with E-state index in [1.54, 1.807) is 72.5 Å². The monoisotopic (exact) mass is 1780 g/mol. The van der Waals surface area contributed by atoms with E-state index in [-0.39, 0.29) is 22.1 Å². The number of halogens is 4. The lowest BCUT2D eigenvalue weighted by atomic mass is 10.0. The number of nitrogens with one attached hydrogen (secondary N) is 6. The zero-order valence-electron chi connectivity index (χ0n) is 72.2. The summed E-state index contributed by atoms with van der Waals surface area (Å²) >= 11 is 19.2. The van der Waals surface area contributed by atoms with Gasteiger partial charge in [0.15, 0.2) is 17.5 Å². The number of piperidine rings is 3. The second kappa shape index (κ2) is 41.5. The molecule has 6 N–H and O–H groups in total. The normalized spacial score (nSPS) is 17.6. The summed E-state index contributed by atoms with van der Waals surface area (Å²) in [6.07, 6.45) is 12.8. The number of hydrogen-bond donors (Lipinski definition) is 6. The van der Waals surface area contributed by atoms with Crippen LogP contribution in [0.25, 0.3) is 0 Å². The van der Waals surface area contributed by atoms with Gasteiger partial charge in [-0.15, -0.1) is 0 Å². The van der Waals surface area contributed by atoms with E-state index in [0.717, 1.165) is 148 Å². The Morgan fingerprint density at radius 2 is 0.672 bits per heavy atom. The third kappa shape index (κ3) is 23.9. The van der Waals surface area contributed by atoms with Crippen molar-refractivity contribution in [1.82, 2.24) is 59.3 Å². The molecule has 0 spiro atoms. The van der Waals surface area contributed by atoms with Crippen LogP contribution in [0.5, 0.6) is 17.2 Å². The topological polar surface area (TPSA) is 258 Å². The molecule has 122 heavy (non-hydrogen) atoms. The van der Waals surface area contributed by atoms with E-state index in [4.69, 9.17) is 49.0 Å².